The van der Waals surface area contributed by atoms with E-state index < -0.39 is 15.2 Å². The third kappa shape index (κ3) is 3.28. The van der Waals surface area contributed by atoms with Gasteiger partial charge in [-0.15, -0.1) is 0 Å². The number of nitrogens with one attached hydrogen (secondary N) is 1. The molecule has 0 saturated carbocycles. The van der Waals surface area contributed by atoms with Gasteiger partial charge in [0.2, 0.25) is 15.9 Å². The zero-order valence-electron chi connectivity index (χ0n) is 9.98. The van der Waals surface area contributed by atoms with Gasteiger partial charge in [-0.2, -0.15) is 4.99 Å². The van der Waals surface area contributed by atoms with E-state index in [-0.39, 0.29) is 22.9 Å². The van der Waals surface area contributed by atoms with Gasteiger partial charge in [0.05, 0.1) is 4.90 Å². The van der Waals surface area contributed by atoms with E-state index in [4.69, 9.17) is 5.73 Å². The zero-order valence-corrected chi connectivity index (χ0v) is 10.8. The van der Waals surface area contributed by atoms with Gasteiger partial charge in [0, 0.05) is 6.54 Å². The maximum Gasteiger partial charge on any atom is 0.258 e. The number of isocyanates is 2. The molecule has 0 aliphatic heterocycles. The number of aliphatic imine (C=N–C) groups is 1. The van der Waals surface area contributed by atoms with Crippen LogP contribution in [0.15, 0.2) is 33.2 Å². The number of rotatable bonds is 6. The fourth-order valence-corrected chi connectivity index (χ4v) is 2.64. The number of sulfone groups is 1. The first kappa shape index (κ1) is 15.5. The Kier molecular flexibility index (Phi) is 5.13. The third-order valence-corrected chi connectivity index (χ3v) is 4.24. The van der Waals surface area contributed by atoms with Crippen molar-refractivity contribution >= 4 is 27.7 Å². The second-order valence-electron chi connectivity index (χ2n) is 3.46. The molecule has 0 aliphatic carbocycles. The van der Waals surface area contributed by atoms with Crippen molar-refractivity contribution < 1.29 is 23.1 Å². The Balaban J connectivity index is 3.30. The summed E-state index contributed by atoms with van der Waals surface area (Å²) in [5.74, 6) is -0.379. The molecule has 0 bridgehead atoms. The Morgan fingerprint density at radius 3 is 2.60 bits per heavy atom. The summed E-state index contributed by atoms with van der Waals surface area (Å²) >= 11 is 0. The van der Waals surface area contributed by atoms with E-state index in [9.17, 15) is 23.1 Å². The van der Waals surface area contributed by atoms with E-state index in [2.05, 4.69) is 10.1 Å². The summed E-state index contributed by atoms with van der Waals surface area (Å²) < 4.78 is 24.4. The van der Waals surface area contributed by atoms with Gasteiger partial charge in [-0.1, -0.05) is 5.10 Å². The molecular formula is C10H10N4O5S. The van der Waals surface area contributed by atoms with Gasteiger partial charge in [-0.3, -0.25) is 5.43 Å². The number of nitrogens with zero attached hydrogens (tertiary/aromatic N) is 2. The third-order valence-electron chi connectivity index (χ3n) is 2.28. The number of phenolic OH excluding ortho intramolecular Hbond substituents is 1. The smallest absolute Gasteiger partial charge is 0.258 e. The van der Waals surface area contributed by atoms with Crippen molar-refractivity contribution in [3.8, 4) is 5.75 Å². The lowest BCUT2D eigenvalue weighted by Crippen LogP contribution is -2.39. The van der Waals surface area contributed by atoms with E-state index >= 15 is 0 Å². The van der Waals surface area contributed by atoms with Gasteiger partial charge in [-0.25, -0.2) is 18.0 Å². The topological polar surface area (TPSA) is 151 Å². The Bertz CT molecular complexity index is 690. The number of phenols is 1. The van der Waals surface area contributed by atoms with Crippen LogP contribution in [-0.4, -0.2) is 37.6 Å². The van der Waals surface area contributed by atoms with E-state index in [1.165, 1.54) is 6.08 Å². The predicted molar refractivity (Wildman–Crippen MR) is 67.2 cm³/mol. The van der Waals surface area contributed by atoms with Crippen molar-refractivity contribution in [2.45, 2.75) is 10.3 Å². The molecule has 1 aromatic rings. The Labute approximate surface area is 113 Å². The monoisotopic (exact) mass is 298 g/mol. The fraction of sp³-hybridized carbons (Fsp3) is 0.200. The van der Waals surface area contributed by atoms with Crippen LogP contribution in [-0.2, 0) is 19.4 Å². The molecule has 1 rings (SSSR count). The highest BCUT2D eigenvalue weighted by Crippen LogP contribution is 2.29. The molecular weight excluding hydrogens is 288 g/mol. The van der Waals surface area contributed by atoms with Crippen LogP contribution < -0.4 is 11.2 Å². The molecule has 0 radical (unpaired) electrons. The summed E-state index contributed by atoms with van der Waals surface area (Å²) in [7, 11) is -3.99. The number of hydrazone groups is 1. The number of carbonyl (C=O) groups excluding carboxylic acids is 2. The van der Waals surface area contributed by atoms with Crippen LogP contribution in [0.2, 0.25) is 0 Å². The van der Waals surface area contributed by atoms with Gasteiger partial charge < -0.3 is 10.8 Å². The first-order valence-electron chi connectivity index (χ1n) is 5.14. The average molecular weight is 298 g/mol. The van der Waals surface area contributed by atoms with Crippen molar-refractivity contribution in [1.82, 2.24) is 5.43 Å². The first-order valence-corrected chi connectivity index (χ1v) is 6.69. The second-order valence-corrected chi connectivity index (χ2v) is 5.59. The van der Waals surface area contributed by atoms with Crippen LogP contribution in [0.5, 0.6) is 5.75 Å². The van der Waals surface area contributed by atoms with Crippen molar-refractivity contribution in [3.63, 3.8) is 0 Å². The van der Waals surface area contributed by atoms with Crippen LogP contribution in [0.25, 0.3) is 0 Å². The van der Waals surface area contributed by atoms with Crippen LogP contribution >= 0.6 is 0 Å². The second kappa shape index (κ2) is 6.60. The maximum atomic E-state index is 12.2. The summed E-state index contributed by atoms with van der Waals surface area (Å²) in [4.78, 5) is 23.1. The van der Waals surface area contributed by atoms with E-state index in [1.807, 2.05) is 5.43 Å². The Hall–Kier alpha value is -2.51. The van der Waals surface area contributed by atoms with Crippen molar-refractivity contribution in [2.75, 3.05) is 6.54 Å². The summed E-state index contributed by atoms with van der Waals surface area (Å²) in [6.45, 7) is -0.360. The standard InChI is InChI=1S/C10H10N4O5S/c11-4-10(14-13-6-16)20(18,19)7-1-2-9(17)8(3-7)12-5-15/h1-3,10,14,17H,4,11H2. The first-order chi connectivity index (χ1) is 9.47. The van der Waals surface area contributed by atoms with Crippen LogP contribution in [0.1, 0.15) is 0 Å². The molecule has 0 aromatic heterocycles. The molecule has 0 heterocycles. The van der Waals surface area contributed by atoms with Gasteiger partial charge in [-0.05, 0) is 18.2 Å². The Morgan fingerprint density at radius 1 is 1.35 bits per heavy atom. The molecule has 0 fully saturated rings. The molecule has 0 spiro atoms. The number of aromatic hydroxyl groups is 1. The van der Waals surface area contributed by atoms with E-state index in [0.29, 0.717) is 0 Å². The van der Waals surface area contributed by atoms with Crippen molar-refractivity contribution in [3.05, 3.63) is 18.2 Å². The molecule has 0 aliphatic rings. The molecule has 0 saturated heterocycles. The quantitative estimate of drug-likeness (QED) is 0.355. The molecule has 10 heteroatoms. The molecule has 1 atom stereocenters. The highest BCUT2D eigenvalue weighted by molar-refractivity contribution is 7.92. The maximum absolute atomic E-state index is 12.2. The van der Waals surface area contributed by atoms with E-state index in [1.54, 1.807) is 0 Å². The van der Waals surface area contributed by atoms with Crippen LogP contribution in [0.4, 0.5) is 5.69 Å². The number of hydrogen-bond acceptors (Lipinski definition) is 9. The number of nitrogens with two attached hydrogens (primary N) is 1. The SMILES string of the molecule is NCC(NN=C=O)S(=O)(=O)c1ccc(O)c(N=C=O)c1. The number of hydrogen-bond donors (Lipinski definition) is 3. The summed E-state index contributed by atoms with van der Waals surface area (Å²) in [6, 6.07) is 3.13. The lowest BCUT2D eigenvalue weighted by Gasteiger charge is -2.14. The fourth-order valence-electron chi connectivity index (χ4n) is 1.33. The minimum atomic E-state index is -3.99. The van der Waals surface area contributed by atoms with Gasteiger partial charge >= 0.3 is 0 Å². The lowest BCUT2D eigenvalue weighted by molar-refractivity contribution is 0.476. The molecule has 106 valence electrons. The largest absolute Gasteiger partial charge is 0.506 e. The summed E-state index contributed by atoms with van der Waals surface area (Å²) in [5.41, 5.74) is 7.08. The molecule has 4 N–H and O–H groups in total. The van der Waals surface area contributed by atoms with Crippen LogP contribution in [0.3, 0.4) is 0 Å². The highest BCUT2D eigenvalue weighted by atomic mass is 32.2. The highest BCUT2D eigenvalue weighted by Gasteiger charge is 2.27. The predicted octanol–water partition coefficient (Wildman–Crippen LogP) is -0.742. The number of benzene rings is 1. The molecule has 0 amide bonds. The van der Waals surface area contributed by atoms with Crippen molar-refractivity contribution in [2.24, 2.45) is 15.8 Å². The minimum absolute atomic E-state index is 0.254. The molecule has 20 heavy (non-hydrogen) atoms. The van der Waals surface area contributed by atoms with Crippen molar-refractivity contribution in [1.29, 1.82) is 0 Å². The molecule has 1 unspecified atom stereocenters. The normalized spacial score (nSPS) is 11.8. The zero-order chi connectivity index (χ0) is 15.2. The lowest BCUT2D eigenvalue weighted by atomic mass is 10.3. The van der Waals surface area contributed by atoms with Gasteiger partial charge in [0.1, 0.15) is 11.4 Å². The average Bonchev–Trinajstić information content (AvgIpc) is 2.42. The van der Waals surface area contributed by atoms with Gasteiger partial charge in [0.25, 0.3) is 6.08 Å². The van der Waals surface area contributed by atoms with Gasteiger partial charge in [0.15, 0.2) is 5.37 Å². The summed E-state index contributed by atoms with van der Waals surface area (Å²) in [6.07, 6.45) is 2.32. The minimum Gasteiger partial charge on any atom is -0.506 e. The molecule has 1 aromatic carbocycles. The van der Waals surface area contributed by atoms with E-state index in [0.717, 1.165) is 24.3 Å². The Morgan fingerprint density at radius 2 is 2.05 bits per heavy atom. The summed E-state index contributed by atoms with van der Waals surface area (Å²) in [5, 5.41) is 11.0. The van der Waals surface area contributed by atoms with Crippen LogP contribution in [0, 0.1) is 0 Å². The molecule has 9 nitrogen and oxygen atoms in total.